The second-order valence-electron chi connectivity index (χ2n) is 5.83. The summed E-state index contributed by atoms with van der Waals surface area (Å²) >= 11 is 6.18. The van der Waals surface area contributed by atoms with Gasteiger partial charge in [0.2, 0.25) is 4.38 Å². The van der Waals surface area contributed by atoms with Crippen LogP contribution in [0.15, 0.2) is 0 Å². The summed E-state index contributed by atoms with van der Waals surface area (Å²) in [6.07, 6.45) is 2.09. The fourth-order valence-electron chi connectivity index (χ4n) is 1.40. The summed E-state index contributed by atoms with van der Waals surface area (Å²) in [5.41, 5.74) is -1.19. The number of hydrogen-bond donors (Lipinski definition) is 0. The Morgan fingerprint density at radius 1 is 1.35 bits per heavy atom. The van der Waals surface area contributed by atoms with Gasteiger partial charge >= 0.3 is 5.97 Å². The van der Waals surface area contributed by atoms with E-state index in [4.69, 9.17) is 21.7 Å². The van der Waals surface area contributed by atoms with Crippen molar-refractivity contribution in [1.82, 2.24) is 0 Å². The molecule has 1 atom stereocenters. The van der Waals surface area contributed by atoms with Crippen LogP contribution in [0.2, 0.25) is 0 Å². The highest BCUT2D eigenvalue weighted by atomic mass is 32.2. The van der Waals surface area contributed by atoms with Crippen LogP contribution in [0.1, 0.15) is 47.0 Å². The molecule has 1 aliphatic carbocycles. The number of esters is 1. The summed E-state index contributed by atoms with van der Waals surface area (Å²) in [6, 6.07) is 0. The third-order valence-electron chi connectivity index (χ3n) is 2.74. The Morgan fingerprint density at radius 3 is 2.40 bits per heavy atom. The molecule has 1 saturated carbocycles. The minimum Gasteiger partial charge on any atom is -0.479 e. The van der Waals surface area contributed by atoms with Crippen molar-refractivity contribution in [1.29, 1.82) is 0 Å². The average Bonchev–Trinajstić information content (AvgIpc) is 3.11. The number of thioether (sulfide) groups is 1. The van der Waals surface area contributed by atoms with Crippen LogP contribution >= 0.6 is 24.0 Å². The minimum atomic E-state index is -0.603. The molecule has 6 heteroatoms. The van der Waals surface area contributed by atoms with E-state index in [9.17, 15) is 9.59 Å². The van der Waals surface area contributed by atoms with Crippen LogP contribution in [0.25, 0.3) is 0 Å². The third kappa shape index (κ3) is 6.22. The van der Waals surface area contributed by atoms with Gasteiger partial charge in [0, 0.05) is 5.92 Å². The third-order valence-corrected chi connectivity index (χ3v) is 3.98. The van der Waals surface area contributed by atoms with Gasteiger partial charge in [0.1, 0.15) is 5.78 Å². The molecule has 0 bridgehead atoms. The van der Waals surface area contributed by atoms with Crippen molar-refractivity contribution in [2.45, 2.75) is 52.4 Å². The van der Waals surface area contributed by atoms with Gasteiger partial charge in [0.15, 0.2) is 5.44 Å². The highest BCUT2D eigenvalue weighted by Crippen LogP contribution is 2.33. The minimum absolute atomic E-state index is 0.142. The average molecular weight is 318 g/mol. The number of carbonyl (C=O) groups excluding carboxylic acids is 2. The van der Waals surface area contributed by atoms with E-state index in [0.29, 0.717) is 11.0 Å². The van der Waals surface area contributed by atoms with Crippen molar-refractivity contribution in [3.05, 3.63) is 0 Å². The maximum absolute atomic E-state index is 12.0. The predicted molar refractivity (Wildman–Crippen MR) is 83.5 cm³/mol. The molecular formula is C14H22O4S2. The molecular weight excluding hydrogens is 296 g/mol. The molecule has 0 spiro atoms. The molecule has 0 amide bonds. The molecule has 0 N–H and O–H groups in total. The summed E-state index contributed by atoms with van der Waals surface area (Å²) in [7, 11) is 0. The van der Waals surface area contributed by atoms with Crippen molar-refractivity contribution >= 4 is 40.1 Å². The van der Waals surface area contributed by atoms with E-state index < -0.39 is 10.9 Å². The highest BCUT2D eigenvalue weighted by Gasteiger charge is 2.34. The lowest BCUT2D eigenvalue weighted by Gasteiger charge is -2.22. The Labute approximate surface area is 130 Å². The lowest BCUT2D eigenvalue weighted by molar-refractivity contribution is -0.155. The largest absolute Gasteiger partial charge is 0.479 e. The maximum atomic E-state index is 12.0. The van der Waals surface area contributed by atoms with Crippen molar-refractivity contribution in [2.75, 3.05) is 6.61 Å². The summed E-state index contributed by atoms with van der Waals surface area (Å²) in [4.78, 5) is 23.8. The van der Waals surface area contributed by atoms with Gasteiger partial charge in [-0.25, -0.2) is 0 Å². The maximum Gasteiger partial charge on any atom is 0.312 e. The van der Waals surface area contributed by atoms with Crippen LogP contribution in [-0.2, 0) is 19.1 Å². The van der Waals surface area contributed by atoms with Crippen LogP contribution in [0.5, 0.6) is 0 Å². The molecule has 0 aromatic rings. The van der Waals surface area contributed by atoms with E-state index in [1.54, 1.807) is 20.8 Å². The number of Topliss-reactive ketones (excluding diaryl/α,β-unsaturated/α-hetero) is 1. The second-order valence-corrected chi connectivity index (χ2v) is 7.59. The molecule has 0 aliphatic heterocycles. The van der Waals surface area contributed by atoms with Gasteiger partial charge in [-0.3, -0.25) is 9.59 Å². The first-order valence-electron chi connectivity index (χ1n) is 6.81. The van der Waals surface area contributed by atoms with Crippen LogP contribution in [0.3, 0.4) is 0 Å². The molecule has 0 radical (unpaired) electrons. The summed E-state index contributed by atoms with van der Waals surface area (Å²) < 4.78 is 10.9. The van der Waals surface area contributed by atoms with Crippen molar-refractivity contribution < 1.29 is 19.1 Å². The van der Waals surface area contributed by atoms with Gasteiger partial charge in [-0.05, 0) is 64.5 Å². The van der Waals surface area contributed by atoms with Crippen molar-refractivity contribution in [2.24, 2.45) is 11.3 Å². The molecule has 1 fully saturated rings. The number of hydrogen-bond acceptors (Lipinski definition) is 6. The first kappa shape index (κ1) is 17.4. The van der Waals surface area contributed by atoms with Crippen molar-refractivity contribution in [3.8, 4) is 0 Å². The zero-order chi connectivity index (χ0) is 15.3. The van der Waals surface area contributed by atoms with Gasteiger partial charge < -0.3 is 9.47 Å². The summed E-state index contributed by atoms with van der Waals surface area (Å²) in [5.74, 6) is -0.0477. The lowest BCUT2D eigenvalue weighted by Crippen LogP contribution is -2.29. The molecule has 0 saturated heterocycles. The predicted octanol–water partition coefficient (Wildman–Crippen LogP) is 3.33. The Balaban J connectivity index is 2.60. The number of carbonyl (C=O) groups is 2. The summed E-state index contributed by atoms with van der Waals surface area (Å²) in [6.45, 7) is 7.63. The van der Waals surface area contributed by atoms with Crippen LogP contribution in [0.4, 0.5) is 0 Å². The zero-order valence-electron chi connectivity index (χ0n) is 12.4. The Bertz CT molecular complexity index is 383. The van der Waals surface area contributed by atoms with E-state index in [2.05, 4.69) is 0 Å². The van der Waals surface area contributed by atoms with E-state index in [-0.39, 0.29) is 24.1 Å². The van der Waals surface area contributed by atoms with Gasteiger partial charge in [-0.1, -0.05) is 0 Å². The molecule has 1 unspecified atom stereocenters. The number of thiocarbonyl (C=S) groups is 1. The Hall–Kier alpha value is -0.620. The van der Waals surface area contributed by atoms with Crippen LogP contribution in [0, 0.1) is 11.3 Å². The fourth-order valence-corrected chi connectivity index (χ4v) is 2.62. The molecule has 1 aliphatic rings. The molecule has 1 rings (SSSR count). The fraction of sp³-hybridized carbons (Fsp3) is 0.786. The molecule has 114 valence electrons. The number of rotatable bonds is 6. The topological polar surface area (TPSA) is 52.6 Å². The number of ether oxygens (including phenoxy) is 2. The van der Waals surface area contributed by atoms with Gasteiger partial charge in [0.25, 0.3) is 0 Å². The van der Waals surface area contributed by atoms with Gasteiger partial charge in [0.05, 0.1) is 18.4 Å². The monoisotopic (exact) mass is 318 g/mol. The van der Waals surface area contributed by atoms with E-state index in [0.717, 1.165) is 24.6 Å². The Kier molecular flexibility index (Phi) is 6.45. The second kappa shape index (κ2) is 7.41. The number of ketones is 1. The first-order valence-corrected chi connectivity index (χ1v) is 8.10. The molecule has 0 aromatic heterocycles. The molecule has 20 heavy (non-hydrogen) atoms. The van der Waals surface area contributed by atoms with E-state index in [1.165, 1.54) is 0 Å². The Morgan fingerprint density at radius 2 is 1.95 bits per heavy atom. The first-order chi connectivity index (χ1) is 9.24. The summed E-state index contributed by atoms with van der Waals surface area (Å²) in [5, 5.41) is 0. The highest BCUT2D eigenvalue weighted by molar-refractivity contribution is 8.22. The molecule has 0 aromatic carbocycles. The van der Waals surface area contributed by atoms with E-state index in [1.807, 2.05) is 6.92 Å². The lowest BCUT2D eigenvalue weighted by atomic mass is 9.97. The smallest absolute Gasteiger partial charge is 0.312 e. The molecule has 4 nitrogen and oxygen atoms in total. The van der Waals surface area contributed by atoms with Crippen LogP contribution < -0.4 is 0 Å². The standard InChI is InChI=1S/C14H22O4S2/c1-5-17-13(19)20-11(8-10(15)9-6-7-9)18-12(16)14(2,3)4/h9,11H,5-8H2,1-4H3. The van der Waals surface area contributed by atoms with E-state index >= 15 is 0 Å². The van der Waals surface area contributed by atoms with Gasteiger partial charge in [-0.2, -0.15) is 0 Å². The normalized spacial score (nSPS) is 16.4. The zero-order valence-corrected chi connectivity index (χ0v) is 14.1. The molecule has 0 heterocycles. The van der Waals surface area contributed by atoms with Gasteiger partial charge in [-0.15, -0.1) is 0 Å². The SMILES string of the molecule is CCOC(=S)SC(CC(=O)C1CC1)OC(=O)C(C)(C)C. The van der Waals surface area contributed by atoms with Crippen molar-refractivity contribution in [3.63, 3.8) is 0 Å². The quantitative estimate of drug-likeness (QED) is 0.425. The van der Waals surface area contributed by atoms with Crippen LogP contribution in [-0.4, -0.2) is 28.2 Å².